The quantitative estimate of drug-likeness (QED) is 0.782. The van der Waals surface area contributed by atoms with Crippen LogP contribution in [0.15, 0.2) is 42.5 Å². The largest absolute Gasteiger partial charge is 0.479 e. The molecule has 0 atom stereocenters. The van der Waals surface area contributed by atoms with E-state index in [2.05, 4.69) is 0 Å². The molecular weight excluding hydrogens is 298 g/mol. The van der Waals surface area contributed by atoms with Crippen molar-refractivity contribution < 1.29 is 18.3 Å². The first-order valence-corrected chi connectivity index (χ1v) is 6.82. The Morgan fingerprint density at radius 1 is 1.10 bits per heavy atom. The van der Waals surface area contributed by atoms with Crippen molar-refractivity contribution in [1.82, 2.24) is 0 Å². The Hall–Kier alpha value is -1.94. The summed E-state index contributed by atoms with van der Waals surface area (Å²) in [5, 5.41) is 0.558. The van der Waals surface area contributed by atoms with Gasteiger partial charge in [-0.1, -0.05) is 11.6 Å². The zero-order chi connectivity index (χ0) is 15.0. The summed E-state index contributed by atoms with van der Waals surface area (Å²) < 4.78 is 32.3. The molecule has 0 bridgehead atoms. The smallest absolute Gasteiger partial charge is 0.209 e. The number of carbonyl (C=O) groups is 1. The lowest BCUT2D eigenvalue weighted by atomic mass is 10.0. The van der Waals surface area contributed by atoms with Crippen molar-refractivity contribution in [3.63, 3.8) is 0 Å². The van der Waals surface area contributed by atoms with Gasteiger partial charge in [0.25, 0.3) is 0 Å². The molecular formula is C16H11ClF2O2. The molecule has 0 amide bonds. The number of carbonyl (C=O) groups excluding carboxylic acids is 1. The summed E-state index contributed by atoms with van der Waals surface area (Å²) >= 11 is 5.78. The first kappa shape index (κ1) is 14.0. The Labute approximate surface area is 125 Å². The third kappa shape index (κ3) is 2.76. The van der Waals surface area contributed by atoms with Crippen LogP contribution in [0.25, 0.3) is 0 Å². The summed E-state index contributed by atoms with van der Waals surface area (Å²) in [6.45, 7) is 0. The molecule has 2 nitrogen and oxygen atoms in total. The summed E-state index contributed by atoms with van der Waals surface area (Å²) in [4.78, 5) is 12.4. The Kier molecular flexibility index (Phi) is 3.41. The van der Waals surface area contributed by atoms with Gasteiger partial charge in [-0.05, 0) is 49.2 Å². The van der Waals surface area contributed by atoms with Gasteiger partial charge in [0, 0.05) is 11.1 Å². The SMILES string of the molecule is O=C(c1ccc(F)cc1F)C1(Oc2ccc(Cl)cc2)CC1. The van der Waals surface area contributed by atoms with Crippen molar-refractivity contribution in [1.29, 1.82) is 0 Å². The first-order valence-electron chi connectivity index (χ1n) is 6.45. The molecule has 0 aliphatic heterocycles. The molecule has 108 valence electrons. The molecule has 0 unspecified atom stereocenters. The van der Waals surface area contributed by atoms with E-state index in [0.29, 0.717) is 29.7 Å². The number of halogens is 3. The fourth-order valence-electron chi connectivity index (χ4n) is 2.14. The monoisotopic (exact) mass is 308 g/mol. The molecule has 0 spiro atoms. The topological polar surface area (TPSA) is 26.3 Å². The fourth-order valence-corrected chi connectivity index (χ4v) is 2.26. The van der Waals surface area contributed by atoms with Gasteiger partial charge in [0.05, 0.1) is 5.56 Å². The van der Waals surface area contributed by atoms with Gasteiger partial charge in [0.15, 0.2) is 5.60 Å². The lowest BCUT2D eigenvalue weighted by Crippen LogP contribution is -2.30. The highest BCUT2D eigenvalue weighted by Gasteiger charge is 2.53. The van der Waals surface area contributed by atoms with Crippen molar-refractivity contribution in [3.8, 4) is 5.75 Å². The third-order valence-corrected chi connectivity index (χ3v) is 3.67. The second kappa shape index (κ2) is 5.11. The van der Waals surface area contributed by atoms with E-state index in [0.717, 1.165) is 12.1 Å². The normalized spacial score (nSPS) is 15.6. The number of benzene rings is 2. The highest BCUT2D eigenvalue weighted by atomic mass is 35.5. The van der Waals surface area contributed by atoms with Gasteiger partial charge in [0.2, 0.25) is 5.78 Å². The summed E-state index contributed by atoms with van der Waals surface area (Å²) in [5.74, 6) is -1.55. The van der Waals surface area contributed by atoms with Gasteiger partial charge in [-0.15, -0.1) is 0 Å². The molecule has 2 aromatic rings. The van der Waals surface area contributed by atoms with E-state index in [1.165, 1.54) is 0 Å². The Bertz CT molecular complexity index is 694. The molecule has 5 heteroatoms. The van der Waals surface area contributed by atoms with Crippen molar-refractivity contribution in [2.45, 2.75) is 18.4 Å². The number of rotatable bonds is 4. The van der Waals surface area contributed by atoms with Gasteiger partial charge in [-0.25, -0.2) is 8.78 Å². The van der Waals surface area contributed by atoms with E-state index in [9.17, 15) is 13.6 Å². The molecule has 1 fully saturated rings. The van der Waals surface area contributed by atoms with Crippen LogP contribution >= 0.6 is 11.6 Å². The number of ketones is 1. The maximum atomic E-state index is 13.7. The number of ether oxygens (including phenoxy) is 1. The zero-order valence-electron chi connectivity index (χ0n) is 10.9. The van der Waals surface area contributed by atoms with Crippen LogP contribution in [-0.4, -0.2) is 11.4 Å². The Morgan fingerprint density at radius 3 is 2.33 bits per heavy atom. The van der Waals surface area contributed by atoms with Crippen LogP contribution in [0.5, 0.6) is 5.75 Å². The number of Topliss-reactive ketones (excluding diaryl/α,β-unsaturated/α-hetero) is 1. The van der Waals surface area contributed by atoms with E-state index in [1.54, 1.807) is 24.3 Å². The maximum Gasteiger partial charge on any atom is 0.209 e. The molecule has 1 aliphatic rings. The van der Waals surface area contributed by atoms with Crippen molar-refractivity contribution >= 4 is 17.4 Å². The van der Waals surface area contributed by atoms with Gasteiger partial charge in [0.1, 0.15) is 17.4 Å². The summed E-state index contributed by atoms with van der Waals surface area (Å²) in [6.07, 6.45) is 1.01. The van der Waals surface area contributed by atoms with Crippen molar-refractivity contribution in [3.05, 3.63) is 64.7 Å². The van der Waals surface area contributed by atoms with E-state index in [-0.39, 0.29) is 5.56 Å². The van der Waals surface area contributed by atoms with Crippen LogP contribution in [-0.2, 0) is 0 Å². The van der Waals surface area contributed by atoms with E-state index in [1.807, 2.05) is 0 Å². The number of hydrogen-bond donors (Lipinski definition) is 0. The van der Waals surface area contributed by atoms with Gasteiger partial charge < -0.3 is 4.74 Å². The fraction of sp³-hybridized carbons (Fsp3) is 0.188. The Morgan fingerprint density at radius 2 is 1.76 bits per heavy atom. The van der Waals surface area contributed by atoms with Gasteiger partial charge in [-0.2, -0.15) is 0 Å². The second-order valence-corrected chi connectivity index (χ2v) is 5.44. The number of hydrogen-bond acceptors (Lipinski definition) is 2. The minimum atomic E-state index is -1.05. The van der Waals surface area contributed by atoms with Crippen LogP contribution < -0.4 is 4.74 Å². The molecule has 3 rings (SSSR count). The molecule has 0 N–H and O–H groups in total. The van der Waals surface area contributed by atoms with Crippen LogP contribution in [0.3, 0.4) is 0 Å². The van der Waals surface area contributed by atoms with E-state index >= 15 is 0 Å². The van der Waals surface area contributed by atoms with E-state index in [4.69, 9.17) is 16.3 Å². The summed E-state index contributed by atoms with van der Waals surface area (Å²) in [6, 6.07) is 9.51. The standard InChI is InChI=1S/C16H11ClF2O2/c17-10-1-4-12(5-2-10)21-16(7-8-16)15(20)13-6-3-11(18)9-14(13)19/h1-6,9H,7-8H2. The average molecular weight is 309 g/mol. The van der Waals surface area contributed by atoms with Crippen molar-refractivity contribution in [2.75, 3.05) is 0 Å². The highest BCUT2D eigenvalue weighted by molar-refractivity contribution is 6.30. The second-order valence-electron chi connectivity index (χ2n) is 5.00. The lowest BCUT2D eigenvalue weighted by Gasteiger charge is -2.17. The maximum absolute atomic E-state index is 13.7. The molecule has 21 heavy (non-hydrogen) atoms. The molecule has 0 heterocycles. The molecule has 0 radical (unpaired) electrons. The molecule has 0 aromatic heterocycles. The molecule has 1 saturated carbocycles. The summed E-state index contributed by atoms with van der Waals surface area (Å²) in [7, 11) is 0. The molecule has 0 saturated heterocycles. The van der Waals surface area contributed by atoms with Gasteiger partial charge in [-0.3, -0.25) is 4.79 Å². The third-order valence-electron chi connectivity index (χ3n) is 3.42. The van der Waals surface area contributed by atoms with Crippen molar-refractivity contribution in [2.24, 2.45) is 0 Å². The first-order chi connectivity index (χ1) is 10.00. The predicted molar refractivity (Wildman–Crippen MR) is 74.7 cm³/mol. The zero-order valence-corrected chi connectivity index (χ0v) is 11.7. The average Bonchev–Trinajstić information content (AvgIpc) is 3.22. The molecule has 1 aliphatic carbocycles. The Balaban J connectivity index is 1.85. The minimum absolute atomic E-state index is 0.150. The van der Waals surface area contributed by atoms with Crippen LogP contribution in [0, 0.1) is 11.6 Å². The predicted octanol–water partition coefficient (Wildman–Crippen LogP) is 4.41. The molecule has 2 aromatic carbocycles. The summed E-state index contributed by atoms with van der Waals surface area (Å²) in [5.41, 5.74) is -1.20. The lowest BCUT2D eigenvalue weighted by molar-refractivity contribution is 0.0741. The minimum Gasteiger partial charge on any atom is -0.479 e. The van der Waals surface area contributed by atoms with Gasteiger partial charge >= 0.3 is 0 Å². The highest BCUT2D eigenvalue weighted by Crippen LogP contribution is 2.43. The van der Waals surface area contributed by atoms with Crippen LogP contribution in [0.2, 0.25) is 5.02 Å². The van der Waals surface area contributed by atoms with Crippen LogP contribution in [0.4, 0.5) is 8.78 Å². The van der Waals surface area contributed by atoms with Crippen LogP contribution in [0.1, 0.15) is 23.2 Å². The van der Waals surface area contributed by atoms with E-state index < -0.39 is 23.0 Å².